The van der Waals surface area contributed by atoms with Crippen LogP contribution in [0.1, 0.15) is 50.5 Å². The minimum absolute atomic E-state index is 0.0311. The Morgan fingerprint density at radius 2 is 1.97 bits per heavy atom. The van der Waals surface area contributed by atoms with E-state index < -0.39 is 11.7 Å². The smallest absolute Gasteiger partial charge is 0.374 e. The Bertz CT molecular complexity index is 1240. The van der Waals surface area contributed by atoms with Crippen LogP contribution in [0.2, 0.25) is 0 Å². The molecular formula is C28H32F3N5O2. The second kappa shape index (κ2) is 8.84. The molecule has 5 aliphatic rings. The number of halogens is 3. The van der Waals surface area contributed by atoms with Crippen molar-refractivity contribution in [2.75, 3.05) is 28.3 Å². The molecule has 38 heavy (non-hydrogen) atoms. The molecule has 1 aromatic carbocycles. The van der Waals surface area contributed by atoms with Gasteiger partial charge in [-0.3, -0.25) is 4.79 Å². The van der Waals surface area contributed by atoms with Crippen molar-refractivity contribution in [2.45, 2.75) is 81.4 Å². The predicted octanol–water partition coefficient (Wildman–Crippen LogP) is 4.89. The van der Waals surface area contributed by atoms with Crippen molar-refractivity contribution >= 4 is 28.8 Å². The molecular weight excluding hydrogens is 495 g/mol. The number of amides is 1. The molecule has 0 spiro atoms. The van der Waals surface area contributed by atoms with Gasteiger partial charge in [-0.05, 0) is 69.2 Å². The molecule has 0 unspecified atom stereocenters. The number of hydrogen-bond donors (Lipinski definition) is 2. The number of pyridine rings is 1. The first-order valence-corrected chi connectivity index (χ1v) is 13.7. The lowest BCUT2D eigenvalue weighted by Gasteiger charge is -2.35. The number of nitrogens with one attached hydrogen (secondary N) is 2. The Morgan fingerprint density at radius 3 is 2.66 bits per heavy atom. The monoisotopic (exact) mass is 527 g/mol. The number of benzene rings is 1. The molecule has 1 aromatic heterocycles. The highest BCUT2D eigenvalue weighted by molar-refractivity contribution is 6.00. The summed E-state index contributed by atoms with van der Waals surface area (Å²) >= 11 is 0. The minimum atomic E-state index is -4.22. The molecule has 7 rings (SSSR count). The van der Waals surface area contributed by atoms with Crippen LogP contribution in [0.3, 0.4) is 0 Å². The number of fused-ring (bicyclic) bond motifs is 4. The summed E-state index contributed by atoms with van der Waals surface area (Å²) in [7, 11) is 0. The molecule has 0 radical (unpaired) electrons. The molecule has 1 amide bonds. The van der Waals surface area contributed by atoms with Crippen LogP contribution >= 0.6 is 0 Å². The molecule has 3 aliphatic heterocycles. The highest BCUT2D eigenvalue weighted by Gasteiger charge is 2.63. The maximum Gasteiger partial charge on any atom is 0.406 e. The first kappa shape index (κ1) is 24.2. The van der Waals surface area contributed by atoms with Crippen molar-refractivity contribution in [3.63, 3.8) is 0 Å². The van der Waals surface area contributed by atoms with E-state index in [0.717, 1.165) is 48.0 Å². The molecule has 2 saturated carbocycles. The van der Waals surface area contributed by atoms with Crippen molar-refractivity contribution in [3.8, 4) is 0 Å². The number of carbonyl (C=O) groups is 1. The maximum absolute atomic E-state index is 14.0. The summed E-state index contributed by atoms with van der Waals surface area (Å²) in [4.78, 5) is 22.8. The van der Waals surface area contributed by atoms with E-state index in [4.69, 9.17) is 4.74 Å². The Kier molecular flexibility index (Phi) is 5.63. The van der Waals surface area contributed by atoms with Crippen molar-refractivity contribution in [1.29, 1.82) is 0 Å². The van der Waals surface area contributed by atoms with E-state index in [2.05, 4.69) is 32.7 Å². The number of carbonyl (C=O) groups excluding carboxylic acids is 1. The third-order valence-corrected chi connectivity index (χ3v) is 9.09. The van der Waals surface area contributed by atoms with Crippen LogP contribution in [0.5, 0.6) is 0 Å². The first-order chi connectivity index (χ1) is 18.3. The fourth-order valence-electron chi connectivity index (χ4n) is 6.73. The molecule has 2 aromatic rings. The van der Waals surface area contributed by atoms with Gasteiger partial charge in [0.25, 0.3) is 0 Å². The first-order valence-electron chi connectivity index (χ1n) is 13.7. The van der Waals surface area contributed by atoms with E-state index >= 15 is 0 Å². The molecule has 2 atom stereocenters. The lowest BCUT2D eigenvalue weighted by Crippen LogP contribution is -2.51. The van der Waals surface area contributed by atoms with E-state index in [0.29, 0.717) is 38.3 Å². The molecule has 4 heterocycles. The largest absolute Gasteiger partial charge is 0.406 e. The second-order valence-corrected chi connectivity index (χ2v) is 11.5. The van der Waals surface area contributed by atoms with Crippen molar-refractivity contribution < 1.29 is 22.7 Å². The summed E-state index contributed by atoms with van der Waals surface area (Å²) in [5, 5.41) is 6.32. The van der Waals surface area contributed by atoms with Crippen molar-refractivity contribution in [3.05, 3.63) is 42.1 Å². The molecule has 2 aliphatic carbocycles. The fourth-order valence-corrected chi connectivity index (χ4v) is 6.73. The van der Waals surface area contributed by atoms with Crippen LogP contribution in [0.25, 0.3) is 0 Å². The average molecular weight is 528 g/mol. The molecule has 202 valence electrons. The average Bonchev–Trinajstić information content (AvgIpc) is 3.46. The topological polar surface area (TPSA) is 69.7 Å². The van der Waals surface area contributed by atoms with Gasteiger partial charge in [-0.15, -0.1) is 0 Å². The molecule has 2 N–H and O–H groups in total. The zero-order chi connectivity index (χ0) is 26.1. The number of anilines is 4. The van der Waals surface area contributed by atoms with Crippen molar-refractivity contribution in [1.82, 2.24) is 10.3 Å². The number of nitrogens with zero attached hydrogens (tertiary/aromatic N) is 3. The summed E-state index contributed by atoms with van der Waals surface area (Å²) in [6.45, 7) is 1.98. The maximum atomic E-state index is 14.0. The number of hydrogen-bond acceptors (Lipinski definition) is 6. The zero-order valence-corrected chi connectivity index (χ0v) is 21.1. The van der Waals surface area contributed by atoms with Gasteiger partial charge in [0, 0.05) is 36.0 Å². The van der Waals surface area contributed by atoms with Gasteiger partial charge in [-0.1, -0.05) is 6.07 Å². The Morgan fingerprint density at radius 1 is 1.16 bits per heavy atom. The number of morpholine rings is 1. The number of alkyl halides is 3. The minimum Gasteiger partial charge on any atom is -0.374 e. The molecule has 2 bridgehead atoms. The highest BCUT2D eigenvalue weighted by atomic mass is 19.4. The van der Waals surface area contributed by atoms with E-state index in [1.54, 1.807) is 6.20 Å². The number of rotatable bonds is 4. The van der Waals surface area contributed by atoms with Crippen LogP contribution in [0.15, 0.2) is 36.5 Å². The van der Waals surface area contributed by atoms with Gasteiger partial charge >= 0.3 is 6.18 Å². The van der Waals surface area contributed by atoms with Crippen LogP contribution in [-0.2, 0) is 16.1 Å². The quantitative estimate of drug-likeness (QED) is 0.590. The third-order valence-electron chi connectivity index (χ3n) is 9.09. The van der Waals surface area contributed by atoms with Crippen molar-refractivity contribution in [2.24, 2.45) is 5.92 Å². The van der Waals surface area contributed by atoms with E-state index in [1.165, 1.54) is 0 Å². The normalized spacial score (nSPS) is 29.3. The number of aromatic nitrogens is 1. The standard InChI is InChI=1S/C28H32F3N5O2/c29-28(30,31)27(9-10-27)34-19-5-3-17(4-6-19)26(37)36-14-18-2-1-11-32-25(18)33-23-8-7-20(13-24(23)36)35-15-22-12-21(35)16-38-22/h1-2,7-8,11,13,17,19,21-22,34H,3-6,9-10,12,14-16H2,(H,32,33)/t17-,19-,21-,22-/m1/s1. The zero-order valence-electron chi connectivity index (χ0n) is 21.1. The molecule has 4 fully saturated rings. The summed E-state index contributed by atoms with van der Waals surface area (Å²) in [6, 6.07) is 10.2. The van der Waals surface area contributed by atoms with Crippen LogP contribution in [-0.4, -0.2) is 53.9 Å². The van der Waals surface area contributed by atoms with Crippen LogP contribution < -0.4 is 20.4 Å². The third kappa shape index (κ3) is 4.12. The van der Waals surface area contributed by atoms with E-state index in [-0.39, 0.29) is 36.8 Å². The van der Waals surface area contributed by atoms with E-state index in [1.807, 2.05) is 23.1 Å². The van der Waals surface area contributed by atoms with Gasteiger partial charge in [0.15, 0.2) is 0 Å². The molecule has 7 nitrogen and oxygen atoms in total. The lowest BCUT2D eigenvalue weighted by atomic mass is 9.84. The molecule has 10 heteroatoms. The van der Waals surface area contributed by atoms with Gasteiger partial charge in [-0.25, -0.2) is 4.98 Å². The Labute approximate surface area is 219 Å². The van der Waals surface area contributed by atoms with Gasteiger partial charge in [0.05, 0.1) is 36.7 Å². The summed E-state index contributed by atoms with van der Waals surface area (Å²) in [6.07, 6.45) is 1.40. The molecule has 2 saturated heterocycles. The summed E-state index contributed by atoms with van der Waals surface area (Å²) < 4.78 is 46.1. The Hall–Kier alpha value is -2.85. The fraction of sp³-hybridized carbons (Fsp3) is 0.571. The van der Waals surface area contributed by atoms with Gasteiger partial charge in [0.2, 0.25) is 5.91 Å². The second-order valence-electron chi connectivity index (χ2n) is 11.5. The van der Waals surface area contributed by atoms with Gasteiger partial charge < -0.3 is 25.2 Å². The Balaban J connectivity index is 1.13. The van der Waals surface area contributed by atoms with Gasteiger partial charge in [-0.2, -0.15) is 13.2 Å². The van der Waals surface area contributed by atoms with Crippen LogP contribution in [0, 0.1) is 5.92 Å². The van der Waals surface area contributed by atoms with E-state index in [9.17, 15) is 18.0 Å². The lowest BCUT2D eigenvalue weighted by molar-refractivity contribution is -0.168. The van der Waals surface area contributed by atoms with Gasteiger partial charge in [0.1, 0.15) is 11.4 Å². The summed E-state index contributed by atoms with van der Waals surface area (Å²) in [5.41, 5.74) is 1.95. The predicted molar refractivity (Wildman–Crippen MR) is 138 cm³/mol. The number of ether oxygens (including phenoxy) is 1. The van der Waals surface area contributed by atoms with Crippen LogP contribution in [0.4, 0.5) is 36.1 Å². The SMILES string of the molecule is O=C([C@H]1CC[C@H](NC2(C(F)(F)F)CC2)CC1)N1Cc2cccnc2Nc2ccc(N3C[C@H]4C[C@@H]3CO4)cc21. The highest BCUT2D eigenvalue weighted by Crippen LogP contribution is 2.50. The summed E-state index contributed by atoms with van der Waals surface area (Å²) in [5.74, 6) is 0.545.